The van der Waals surface area contributed by atoms with Crippen LogP contribution in [-0.2, 0) is 11.2 Å². The fourth-order valence-electron chi connectivity index (χ4n) is 2.29. The Balaban J connectivity index is 1.73. The molecule has 0 aliphatic rings. The fraction of sp³-hybridized carbons (Fsp3) is 0.316. The van der Waals surface area contributed by atoms with Gasteiger partial charge in [-0.15, -0.1) is 0 Å². The Morgan fingerprint density at radius 2 is 1.79 bits per heavy atom. The Morgan fingerprint density at radius 3 is 2.50 bits per heavy atom. The number of benzene rings is 2. The molecule has 1 N–H and O–H groups in total. The Hall–Kier alpha value is -2.69. The number of amides is 1. The number of carbonyl (C=O) groups is 1. The summed E-state index contributed by atoms with van der Waals surface area (Å²) in [5, 5.41) is 2.85. The number of hydrogen-bond acceptors (Lipinski definition) is 4. The lowest BCUT2D eigenvalue weighted by atomic mass is 10.1. The van der Waals surface area contributed by atoms with Crippen molar-refractivity contribution in [1.82, 2.24) is 5.32 Å². The van der Waals surface area contributed by atoms with Crippen molar-refractivity contribution in [2.24, 2.45) is 0 Å². The zero-order valence-corrected chi connectivity index (χ0v) is 14.1. The van der Waals surface area contributed by atoms with Crippen LogP contribution in [-0.4, -0.2) is 33.3 Å². The fourth-order valence-corrected chi connectivity index (χ4v) is 2.29. The maximum Gasteiger partial charge on any atom is 0.220 e. The van der Waals surface area contributed by atoms with Crippen LogP contribution in [0.25, 0.3) is 0 Å². The summed E-state index contributed by atoms with van der Waals surface area (Å²) in [6.07, 6.45) is 0.973. The number of rotatable bonds is 9. The molecule has 0 unspecified atom stereocenters. The first-order valence-electron chi connectivity index (χ1n) is 7.88. The van der Waals surface area contributed by atoms with Gasteiger partial charge in [-0.05, 0) is 42.3 Å². The van der Waals surface area contributed by atoms with Gasteiger partial charge in [0.15, 0.2) is 0 Å². The first-order valence-corrected chi connectivity index (χ1v) is 7.88. The van der Waals surface area contributed by atoms with Crippen molar-refractivity contribution >= 4 is 5.91 Å². The smallest absolute Gasteiger partial charge is 0.220 e. The molecular weight excluding hydrogens is 306 g/mol. The predicted octanol–water partition coefficient (Wildman–Crippen LogP) is 2.83. The molecule has 0 heterocycles. The molecule has 128 valence electrons. The standard InChI is InChI=1S/C19H23NO4/c1-22-17-9-10-18(23-2)15(14-17)8-11-19(21)20-12-13-24-16-6-4-3-5-7-16/h3-7,9-10,14H,8,11-13H2,1-2H3,(H,20,21). The molecule has 2 aromatic rings. The van der Waals surface area contributed by atoms with Crippen LogP contribution in [0.3, 0.4) is 0 Å². The SMILES string of the molecule is COc1ccc(OC)c(CCC(=O)NCCOc2ccccc2)c1. The molecule has 0 saturated carbocycles. The van der Waals surface area contributed by atoms with Crippen LogP contribution >= 0.6 is 0 Å². The number of aryl methyl sites for hydroxylation is 1. The van der Waals surface area contributed by atoms with E-state index in [4.69, 9.17) is 14.2 Å². The van der Waals surface area contributed by atoms with E-state index >= 15 is 0 Å². The second-order valence-electron chi connectivity index (χ2n) is 5.19. The van der Waals surface area contributed by atoms with Crippen LogP contribution in [0.5, 0.6) is 17.2 Å². The Kier molecular flexibility index (Phi) is 6.95. The summed E-state index contributed by atoms with van der Waals surface area (Å²) in [4.78, 5) is 11.9. The highest BCUT2D eigenvalue weighted by atomic mass is 16.5. The molecular formula is C19H23NO4. The van der Waals surface area contributed by atoms with Crippen molar-refractivity contribution in [2.75, 3.05) is 27.4 Å². The minimum Gasteiger partial charge on any atom is -0.497 e. The van der Waals surface area contributed by atoms with Crippen molar-refractivity contribution in [3.63, 3.8) is 0 Å². The van der Waals surface area contributed by atoms with Gasteiger partial charge >= 0.3 is 0 Å². The molecule has 24 heavy (non-hydrogen) atoms. The van der Waals surface area contributed by atoms with E-state index < -0.39 is 0 Å². The lowest BCUT2D eigenvalue weighted by molar-refractivity contribution is -0.121. The summed E-state index contributed by atoms with van der Waals surface area (Å²) in [6, 6.07) is 15.1. The molecule has 1 amide bonds. The van der Waals surface area contributed by atoms with Crippen molar-refractivity contribution in [1.29, 1.82) is 0 Å². The number of carbonyl (C=O) groups excluding carboxylic acids is 1. The third-order valence-electron chi connectivity index (χ3n) is 3.55. The first kappa shape index (κ1) is 17.7. The van der Waals surface area contributed by atoms with Crippen molar-refractivity contribution in [2.45, 2.75) is 12.8 Å². The Labute approximate surface area is 142 Å². The second-order valence-corrected chi connectivity index (χ2v) is 5.19. The first-order chi connectivity index (χ1) is 11.7. The molecule has 0 aromatic heterocycles. The van der Waals surface area contributed by atoms with Gasteiger partial charge < -0.3 is 19.5 Å². The van der Waals surface area contributed by atoms with Gasteiger partial charge in [-0.3, -0.25) is 4.79 Å². The van der Waals surface area contributed by atoms with Gasteiger partial charge in [0.05, 0.1) is 20.8 Å². The average Bonchev–Trinajstić information content (AvgIpc) is 2.64. The minimum absolute atomic E-state index is 0.0171. The number of ether oxygens (including phenoxy) is 3. The van der Waals surface area contributed by atoms with Gasteiger partial charge in [0, 0.05) is 6.42 Å². The molecule has 5 nitrogen and oxygen atoms in total. The monoisotopic (exact) mass is 329 g/mol. The zero-order chi connectivity index (χ0) is 17.2. The van der Waals surface area contributed by atoms with Gasteiger partial charge in [-0.25, -0.2) is 0 Å². The molecule has 5 heteroatoms. The lowest BCUT2D eigenvalue weighted by Crippen LogP contribution is -2.28. The third-order valence-corrected chi connectivity index (χ3v) is 3.55. The normalized spacial score (nSPS) is 10.1. The van der Waals surface area contributed by atoms with Gasteiger partial charge in [0.2, 0.25) is 5.91 Å². The number of para-hydroxylation sites is 1. The number of hydrogen-bond donors (Lipinski definition) is 1. The number of nitrogens with one attached hydrogen (secondary N) is 1. The molecule has 0 saturated heterocycles. The van der Waals surface area contributed by atoms with E-state index in [0.29, 0.717) is 26.0 Å². The number of methoxy groups -OCH3 is 2. The quantitative estimate of drug-likeness (QED) is 0.719. The largest absolute Gasteiger partial charge is 0.497 e. The van der Waals surface area contributed by atoms with Crippen LogP contribution in [0.2, 0.25) is 0 Å². The van der Waals surface area contributed by atoms with E-state index in [1.807, 2.05) is 48.5 Å². The summed E-state index contributed by atoms with van der Waals surface area (Å²) in [6.45, 7) is 0.918. The summed E-state index contributed by atoms with van der Waals surface area (Å²) < 4.78 is 16.1. The van der Waals surface area contributed by atoms with Crippen LogP contribution in [0.15, 0.2) is 48.5 Å². The molecule has 0 aliphatic carbocycles. The van der Waals surface area contributed by atoms with Gasteiger partial charge in [-0.2, -0.15) is 0 Å². The average molecular weight is 329 g/mol. The van der Waals surface area contributed by atoms with E-state index in [0.717, 1.165) is 22.8 Å². The third kappa shape index (κ3) is 5.50. The minimum atomic E-state index is -0.0171. The predicted molar refractivity (Wildman–Crippen MR) is 92.8 cm³/mol. The van der Waals surface area contributed by atoms with Crippen LogP contribution in [0.1, 0.15) is 12.0 Å². The molecule has 0 spiro atoms. The molecule has 0 atom stereocenters. The summed E-state index contributed by atoms with van der Waals surface area (Å²) in [7, 11) is 3.23. The van der Waals surface area contributed by atoms with E-state index in [1.165, 1.54) is 0 Å². The summed E-state index contributed by atoms with van der Waals surface area (Å²) in [5.41, 5.74) is 0.951. The Morgan fingerprint density at radius 1 is 1.00 bits per heavy atom. The van der Waals surface area contributed by atoms with E-state index in [1.54, 1.807) is 14.2 Å². The summed E-state index contributed by atoms with van der Waals surface area (Å²) >= 11 is 0. The Bertz CT molecular complexity index is 643. The molecule has 2 aromatic carbocycles. The van der Waals surface area contributed by atoms with Gasteiger partial charge in [-0.1, -0.05) is 18.2 Å². The van der Waals surface area contributed by atoms with Crippen molar-refractivity contribution in [3.8, 4) is 17.2 Å². The summed E-state index contributed by atoms with van der Waals surface area (Å²) in [5.74, 6) is 2.29. The van der Waals surface area contributed by atoms with Crippen LogP contribution in [0.4, 0.5) is 0 Å². The molecule has 0 radical (unpaired) electrons. The maximum atomic E-state index is 11.9. The van der Waals surface area contributed by atoms with Crippen LogP contribution in [0, 0.1) is 0 Å². The zero-order valence-electron chi connectivity index (χ0n) is 14.1. The molecule has 0 fully saturated rings. The molecule has 0 bridgehead atoms. The highest BCUT2D eigenvalue weighted by Gasteiger charge is 2.08. The van der Waals surface area contributed by atoms with Gasteiger partial charge in [0.25, 0.3) is 0 Å². The van der Waals surface area contributed by atoms with Crippen molar-refractivity contribution in [3.05, 3.63) is 54.1 Å². The van der Waals surface area contributed by atoms with Gasteiger partial charge in [0.1, 0.15) is 23.9 Å². The van der Waals surface area contributed by atoms with Crippen molar-refractivity contribution < 1.29 is 19.0 Å². The molecule has 0 aliphatic heterocycles. The van der Waals surface area contributed by atoms with E-state index in [2.05, 4.69) is 5.32 Å². The molecule has 2 rings (SSSR count). The topological polar surface area (TPSA) is 56.8 Å². The highest BCUT2D eigenvalue weighted by Crippen LogP contribution is 2.25. The highest BCUT2D eigenvalue weighted by molar-refractivity contribution is 5.76. The lowest BCUT2D eigenvalue weighted by Gasteiger charge is -2.11. The van der Waals surface area contributed by atoms with E-state index in [9.17, 15) is 4.79 Å². The van der Waals surface area contributed by atoms with E-state index in [-0.39, 0.29) is 5.91 Å². The second kappa shape index (κ2) is 9.45. The maximum absolute atomic E-state index is 11.9. The van der Waals surface area contributed by atoms with Crippen LogP contribution < -0.4 is 19.5 Å².